The zero-order valence-corrected chi connectivity index (χ0v) is 10.7. The number of likely N-dealkylation sites (N-methyl/N-ethyl adjacent to an activating group) is 1. The molecule has 0 aliphatic rings. The first-order valence-electron chi connectivity index (χ1n) is 5.37. The van der Waals surface area contributed by atoms with Crippen molar-refractivity contribution in [1.29, 1.82) is 0 Å². The number of esters is 1. The molecule has 94 valence electrons. The van der Waals surface area contributed by atoms with Gasteiger partial charge in [-0.1, -0.05) is 6.92 Å². The molecule has 1 amide bonds. The molecule has 0 radical (unpaired) electrons. The van der Waals surface area contributed by atoms with Crippen LogP contribution in [-0.4, -0.2) is 49.7 Å². The molecule has 0 fully saturated rings. The van der Waals surface area contributed by atoms with E-state index in [0.717, 1.165) is 0 Å². The molecule has 0 aromatic carbocycles. The minimum atomic E-state index is -0.874. The molecular weight excluding hydrogens is 210 g/mol. The van der Waals surface area contributed by atoms with E-state index >= 15 is 0 Å². The highest BCUT2D eigenvalue weighted by atomic mass is 16.5. The number of hydrogen-bond acceptors (Lipinski definition) is 4. The van der Waals surface area contributed by atoms with Crippen molar-refractivity contribution in [2.45, 2.75) is 32.8 Å². The topological polar surface area (TPSA) is 55.8 Å². The highest BCUT2D eigenvalue weighted by Crippen LogP contribution is 2.16. The van der Waals surface area contributed by atoms with E-state index in [1.165, 1.54) is 12.0 Å². The average Bonchev–Trinajstić information content (AvgIpc) is 2.27. The number of methoxy groups -OCH3 is 1. The van der Waals surface area contributed by atoms with E-state index < -0.39 is 11.6 Å². The van der Waals surface area contributed by atoms with Crippen LogP contribution in [-0.2, 0) is 19.1 Å². The maximum absolute atomic E-state index is 12.0. The summed E-state index contributed by atoms with van der Waals surface area (Å²) in [6, 6.07) is 0. The molecule has 5 nitrogen and oxygen atoms in total. The Labute approximate surface area is 96.7 Å². The largest absolute Gasteiger partial charge is 0.465 e. The molecule has 0 aliphatic carbocycles. The Morgan fingerprint density at radius 3 is 2.25 bits per heavy atom. The summed E-state index contributed by atoms with van der Waals surface area (Å²) in [5, 5.41) is 0. The average molecular weight is 231 g/mol. The van der Waals surface area contributed by atoms with Gasteiger partial charge >= 0.3 is 5.97 Å². The Hall–Kier alpha value is -1.10. The van der Waals surface area contributed by atoms with Crippen molar-refractivity contribution in [2.75, 3.05) is 27.3 Å². The summed E-state index contributed by atoms with van der Waals surface area (Å²) in [6.07, 6.45) is 0.551. The van der Waals surface area contributed by atoms with Crippen LogP contribution < -0.4 is 0 Å². The number of amides is 1. The molecule has 0 spiro atoms. The summed E-state index contributed by atoms with van der Waals surface area (Å²) in [5.41, 5.74) is -0.874. The number of hydrogen-bond donors (Lipinski definition) is 0. The molecule has 0 aromatic rings. The first-order chi connectivity index (χ1) is 7.41. The summed E-state index contributed by atoms with van der Waals surface area (Å²) < 4.78 is 9.94. The van der Waals surface area contributed by atoms with Gasteiger partial charge in [0.2, 0.25) is 0 Å². The van der Waals surface area contributed by atoms with Crippen molar-refractivity contribution < 1.29 is 19.1 Å². The quantitative estimate of drug-likeness (QED) is 0.635. The summed E-state index contributed by atoms with van der Waals surface area (Å²) in [7, 11) is 3.05. The van der Waals surface area contributed by atoms with Gasteiger partial charge in [0.1, 0.15) is 12.1 Å². The van der Waals surface area contributed by atoms with Crippen LogP contribution in [0.5, 0.6) is 0 Å². The van der Waals surface area contributed by atoms with Gasteiger partial charge in [-0.05, 0) is 20.3 Å². The number of carbonyl (C=O) groups is 2. The van der Waals surface area contributed by atoms with Crippen molar-refractivity contribution in [3.05, 3.63) is 0 Å². The minimum Gasteiger partial charge on any atom is -0.465 e. The molecule has 0 aliphatic heterocycles. The van der Waals surface area contributed by atoms with Crippen LogP contribution in [0, 0.1) is 0 Å². The van der Waals surface area contributed by atoms with Gasteiger partial charge in [-0.25, -0.2) is 0 Å². The monoisotopic (exact) mass is 231 g/mol. The van der Waals surface area contributed by atoms with E-state index in [0.29, 0.717) is 13.0 Å². The fraction of sp³-hybridized carbons (Fsp3) is 0.818. The van der Waals surface area contributed by atoms with Gasteiger partial charge in [-0.3, -0.25) is 9.59 Å². The van der Waals surface area contributed by atoms with Crippen LogP contribution >= 0.6 is 0 Å². The molecule has 1 unspecified atom stereocenters. The first-order valence-corrected chi connectivity index (χ1v) is 5.37. The fourth-order valence-corrected chi connectivity index (χ4v) is 1.26. The standard InChI is InChI=1S/C11H21NO4/c1-6-11(3,15-5)10(14)12(4)8-9(13)16-7-2/h6-8H2,1-5H3. The Balaban J connectivity index is 4.43. The number of rotatable bonds is 6. The molecule has 5 heteroatoms. The highest BCUT2D eigenvalue weighted by molar-refractivity contribution is 5.87. The molecule has 0 bridgehead atoms. The minimum absolute atomic E-state index is 0.0500. The normalized spacial score (nSPS) is 14.1. The summed E-state index contributed by atoms with van der Waals surface area (Å²) in [6.45, 7) is 5.56. The second kappa shape index (κ2) is 6.48. The zero-order valence-electron chi connectivity index (χ0n) is 10.7. The third-order valence-electron chi connectivity index (χ3n) is 2.60. The van der Waals surface area contributed by atoms with E-state index in [-0.39, 0.29) is 12.5 Å². The Morgan fingerprint density at radius 1 is 1.31 bits per heavy atom. The van der Waals surface area contributed by atoms with Crippen molar-refractivity contribution >= 4 is 11.9 Å². The van der Waals surface area contributed by atoms with Gasteiger partial charge in [0.05, 0.1) is 6.61 Å². The van der Waals surface area contributed by atoms with Crippen LogP contribution in [0.4, 0.5) is 0 Å². The lowest BCUT2D eigenvalue weighted by Crippen LogP contribution is -2.48. The predicted molar refractivity (Wildman–Crippen MR) is 60.0 cm³/mol. The maximum Gasteiger partial charge on any atom is 0.325 e. The molecule has 16 heavy (non-hydrogen) atoms. The van der Waals surface area contributed by atoms with Gasteiger partial charge in [0.25, 0.3) is 5.91 Å². The molecule has 1 atom stereocenters. The van der Waals surface area contributed by atoms with Gasteiger partial charge < -0.3 is 14.4 Å². The second-order valence-electron chi connectivity index (χ2n) is 3.75. The van der Waals surface area contributed by atoms with Crippen molar-refractivity contribution in [1.82, 2.24) is 4.90 Å². The third kappa shape index (κ3) is 3.81. The van der Waals surface area contributed by atoms with Crippen LogP contribution in [0.15, 0.2) is 0 Å². The molecule has 0 aromatic heterocycles. The SMILES string of the molecule is CCOC(=O)CN(C)C(=O)C(C)(CC)OC. The fourth-order valence-electron chi connectivity index (χ4n) is 1.26. The summed E-state index contributed by atoms with van der Waals surface area (Å²) >= 11 is 0. The van der Waals surface area contributed by atoms with Crippen molar-refractivity contribution in [3.63, 3.8) is 0 Å². The lowest BCUT2D eigenvalue weighted by atomic mass is 10.0. The van der Waals surface area contributed by atoms with Gasteiger partial charge in [-0.15, -0.1) is 0 Å². The van der Waals surface area contributed by atoms with Gasteiger partial charge in [0.15, 0.2) is 0 Å². The summed E-state index contributed by atoms with van der Waals surface area (Å²) in [4.78, 5) is 24.5. The van der Waals surface area contributed by atoms with E-state index in [1.54, 1.807) is 20.9 Å². The molecule has 0 saturated carbocycles. The van der Waals surface area contributed by atoms with Gasteiger partial charge in [0, 0.05) is 14.2 Å². The lowest BCUT2D eigenvalue weighted by molar-refractivity contribution is -0.158. The number of nitrogens with zero attached hydrogens (tertiary/aromatic N) is 1. The van der Waals surface area contributed by atoms with Crippen molar-refractivity contribution in [3.8, 4) is 0 Å². The van der Waals surface area contributed by atoms with Crippen molar-refractivity contribution in [2.24, 2.45) is 0 Å². The molecular formula is C11H21NO4. The first kappa shape index (κ1) is 14.9. The van der Waals surface area contributed by atoms with Gasteiger partial charge in [-0.2, -0.15) is 0 Å². The molecule has 0 N–H and O–H groups in total. The summed E-state index contributed by atoms with van der Waals surface area (Å²) in [5.74, 6) is -0.626. The Morgan fingerprint density at radius 2 is 1.88 bits per heavy atom. The predicted octanol–water partition coefficient (Wildman–Crippen LogP) is 0.823. The zero-order chi connectivity index (χ0) is 12.8. The van der Waals surface area contributed by atoms with Crippen LogP contribution in [0.1, 0.15) is 27.2 Å². The Kier molecular flexibility index (Phi) is 6.03. The number of carbonyl (C=O) groups excluding carboxylic acids is 2. The molecule has 0 heterocycles. The third-order valence-corrected chi connectivity index (χ3v) is 2.60. The van der Waals surface area contributed by atoms with Crippen LogP contribution in [0.25, 0.3) is 0 Å². The highest BCUT2D eigenvalue weighted by Gasteiger charge is 2.34. The molecule has 0 saturated heterocycles. The van der Waals surface area contributed by atoms with Crippen LogP contribution in [0.3, 0.4) is 0 Å². The molecule has 0 rings (SSSR count). The Bertz CT molecular complexity index is 248. The van der Waals surface area contributed by atoms with E-state index in [2.05, 4.69) is 0 Å². The van der Waals surface area contributed by atoms with E-state index in [9.17, 15) is 9.59 Å². The smallest absolute Gasteiger partial charge is 0.325 e. The second-order valence-corrected chi connectivity index (χ2v) is 3.75. The lowest BCUT2D eigenvalue weighted by Gasteiger charge is -2.29. The number of ether oxygens (including phenoxy) is 2. The van der Waals surface area contributed by atoms with Crippen LogP contribution in [0.2, 0.25) is 0 Å². The maximum atomic E-state index is 12.0. The van der Waals surface area contributed by atoms with E-state index in [4.69, 9.17) is 9.47 Å². The van der Waals surface area contributed by atoms with E-state index in [1.807, 2.05) is 6.92 Å².